The minimum Gasteiger partial charge on any atom is -0.465 e. The van der Waals surface area contributed by atoms with Gasteiger partial charge in [-0.15, -0.1) is 0 Å². The standard InChI is InChI=1S/C26H33N3O5S/c1-6-23(30)27-20-16-25(2,3)29(26(4,5)17-20)35(33,34)22-14-12-21(13-15-22)28(24(31)32)18-19-10-8-7-9-11-19/h6-15,20H,1,16-18H2,2-5H3,(H,27,30)(H,31,32). The summed E-state index contributed by atoms with van der Waals surface area (Å²) in [6, 6.07) is 14.9. The first-order valence-electron chi connectivity index (χ1n) is 11.4. The summed E-state index contributed by atoms with van der Waals surface area (Å²) in [4.78, 5) is 25.0. The lowest BCUT2D eigenvalue weighted by Gasteiger charge is -2.53. The third-order valence-corrected chi connectivity index (χ3v) is 8.56. The zero-order valence-corrected chi connectivity index (χ0v) is 21.4. The summed E-state index contributed by atoms with van der Waals surface area (Å²) in [6.07, 6.45) is 0.965. The van der Waals surface area contributed by atoms with Gasteiger partial charge in [0.25, 0.3) is 0 Å². The van der Waals surface area contributed by atoms with E-state index in [1.54, 1.807) is 0 Å². The molecule has 1 heterocycles. The van der Waals surface area contributed by atoms with E-state index in [0.717, 1.165) is 5.56 Å². The van der Waals surface area contributed by atoms with Crippen LogP contribution < -0.4 is 10.2 Å². The van der Waals surface area contributed by atoms with E-state index >= 15 is 0 Å². The van der Waals surface area contributed by atoms with E-state index in [4.69, 9.17) is 0 Å². The molecule has 2 amide bonds. The Hall–Kier alpha value is -3.17. The van der Waals surface area contributed by atoms with Crippen LogP contribution in [0.25, 0.3) is 0 Å². The van der Waals surface area contributed by atoms with Crippen LogP contribution in [-0.4, -0.2) is 46.9 Å². The molecule has 1 saturated heterocycles. The molecule has 1 aliphatic heterocycles. The molecule has 1 aliphatic rings. The molecule has 9 heteroatoms. The second-order valence-electron chi connectivity index (χ2n) is 10.1. The van der Waals surface area contributed by atoms with E-state index in [2.05, 4.69) is 11.9 Å². The molecule has 2 aromatic carbocycles. The van der Waals surface area contributed by atoms with E-state index < -0.39 is 27.2 Å². The summed E-state index contributed by atoms with van der Waals surface area (Å²) < 4.78 is 29.1. The number of rotatable bonds is 7. The predicted molar refractivity (Wildman–Crippen MR) is 136 cm³/mol. The fourth-order valence-corrected chi connectivity index (χ4v) is 7.36. The van der Waals surface area contributed by atoms with Crippen molar-refractivity contribution in [2.45, 2.75) is 69.1 Å². The molecular weight excluding hydrogens is 466 g/mol. The molecule has 2 aromatic rings. The number of hydrogen-bond acceptors (Lipinski definition) is 4. The Balaban J connectivity index is 1.89. The van der Waals surface area contributed by atoms with Gasteiger partial charge in [-0.1, -0.05) is 36.9 Å². The van der Waals surface area contributed by atoms with Gasteiger partial charge in [0, 0.05) is 22.8 Å². The van der Waals surface area contributed by atoms with E-state index in [1.165, 1.54) is 39.5 Å². The van der Waals surface area contributed by atoms with Crippen molar-refractivity contribution in [3.8, 4) is 0 Å². The maximum Gasteiger partial charge on any atom is 0.412 e. The summed E-state index contributed by atoms with van der Waals surface area (Å²) in [5.41, 5.74) is -0.358. The molecular formula is C26H33N3O5S. The SMILES string of the molecule is C=CC(=O)NC1CC(C)(C)N(S(=O)(=O)c2ccc(N(Cc3ccccc3)C(=O)O)cc2)C(C)(C)C1. The fraction of sp³-hybridized carbons (Fsp3) is 0.385. The van der Waals surface area contributed by atoms with E-state index in [1.807, 2.05) is 58.0 Å². The number of anilines is 1. The second-order valence-corrected chi connectivity index (χ2v) is 11.8. The first-order valence-corrected chi connectivity index (χ1v) is 12.8. The summed E-state index contributed by atoms with van der Waals surface area (Å²) in [5.74, 6) is -0.285. The Morgan fingerprint density at radius 3 is 2.09 bits per heavy atom. The Bertz CT molecular complexity index is 1170. The number of benzene rings is 2. The molecule has 0 unspecified atom stereocenters. The third kappa shape index (κ3) is 5.74. The Morgan fingerprint density at radius 2 is 1.60 bits per heavy atom. The van der Waals surface area contributed by atoms with Crippen molar-refractivity contribution in [2.75, 3.05) is 4.90 Å². The van der Waals surface area contributed by atoms with Gasteiger partial charge in [0.2, 0.25) is 15.9 Å². The minimum absolute atomic E-state index is 0.0843. The zero-order valence-electron chi connectivity index (χ0n) is 20.6. The Morgan fingerprint density at radius 1 is 1.06 bits per heavy atom. The maximum atomic E-state index is 13.8. The van der Waals surface area contributed by atoms with Crippen LogP contribution >= 0.6 is 0 Å². The summed E-state index contributed by atoms with van der Waals surface area (Å²) in [7, 11) is -3.92. The third-order valence-electron chi connectivity index (χ3n) is 6.22. The lowest BCUT2D eigenvalue weighted by atomic mass is 9.79. The van der Waals surface area contributed by atoms with Crippen molar-refractivity contribution in [3.63, 3.8) is 0 Å². The van der Waals surface area contributed by atoms with Crippen molar-refractivity contribution < 1.29 is 23.1 Å². The van der Waals surface area contributed by atoms with Gasteiger partial charge >= 0.3 is 6.09 Å². The van der Waals surface area contributed by atoms with Gasteiger partial charge < -0.3 is 10.4 Å². The highest BCUT2D eigenvalue weighted by atomic mass is 32.2. The lowest BCUT2D eigenvalue weighted by molar-refractivity contribution is -0.118. The van der Waals surface area contributed by atoms with Crippen molar-refractivity contribution >= 4 is 27.7 Å². The van der Waals surface area contributed by atoms with Crippen LogP contribution in [0.4, 0.5) is 10.5 Å². The molecule has 8 nitrogen and oxygen atoms in total. The van der Waals surface area contributed by atoms with Crippen molar-refractivity contribution in [1.29, 1.82) is 0 Å². The van der Waals surface area contributed by atoms with E-state index in [-0.39, 0.29) is 23.4 Å². The van der Waals surface area contributed by atoms with E-state index in [9.17, 15) is 23.1 Å². The van der Waals surface area contributed by atoms with Crippen LogP contribution in [-0.2, 0) is 21.4 Å². The molecule has 0 aliphatic carbocycles. The zero-order chi connectivity index (χ0) is 26.0. The molecule has 188 valence electrons. The highest BCUT2D eigenvalue weighted by molar-refractivity contribution is 7.89. The molecule has 0 saturated carbocycles. The number of nitrogens with one attached hydrogen (secondary N) is 1. The van der Waals surface area contributed by atoms with Crippen LogP contribution in [0.3, 0.4) is 0 Å². The van der Waals surface area contributed by atoms with Gasteiger partial charge in [-0.05, 0) is 76.4 Å². The quantitative estimate of drug-likeness (QED) is 0.550. The van der Waals surface area contributed by atoms with Gasteiger partial charge in [-0.3, -0.25) is 9.69 Å². The number of hydrogen-bond donors (Lipinski definition) is 2. The molecule has 0 atom stereocenters. The molecule has 35 heavy (non-hydrogen) atoms. The van der Waals surface area contributed by atoms with Crippen LogP contribution in [0, 0.1) is 0 Å². The minimum atomic E-state index is -3.92. The normalized spacial score (nSPS) is 17.9. The first kappa shape index (κ1) is 26.4. The smallest absolute Gasteiger partial charge is 0.412 e. The number of nitrogens with zero attached hydrogens (tertiary/aromatic N) is 2. The maximum absolute atomic E-state index is 13.8. The van der Waals surface area contributed by atoms with E-state index in [0.29, 0.717) is 18.5 Å². The predicted octanol–water partition coefficient (Wildman–Crippen LogP) is 4.38. The molecule has 2 N–H and O–H groups in total. The van der Waals surface area contributed by atoms with Crippen molar-refractivity contribution in [3.05, 3.63) is 72.8 Å². The number of amides is 2. The van der Waals surface area contributed by atoms with Crippen molar-refractivity contribution in [1.82, 2.24) is 9.62 Å². The number of carboxylic acid groups (broad SMARTS) is 1. The van der Waals surface area contributed by atoms with Gasteiger partial charge in [0.1, 0.15) is 0 Å². The summed E-state index contributed by atoms with van der Waals surface area (Å²) >= 11 is 0. The first-order chi connectivity index (χ1) is 16.3. The van der Waals surface area contributed by atoms with Crippen LogP contribution in [0.15, 0.2) is 72.1 Å². The largest absolute Gasteiger partial charge is 0.465 e. The van der Waals surface area contributed by atoms with Gasteiger partial charge in [-0.2, -0.15) is 4.31 Å². The molecule has 3 rings (SSSR count). The highest BCUT2D eigenvalue weighted by Gasteiger charge is 2.51. The topological polar surface area (TPSA) is 107 Å². The average Bonchev–Trinajstić information content (AvgIpc) is 2.76. The summed E-state index contributed by atoms with van der Waals surface area (Å²) in [5, 5.41) is 12.6. The Kier molecular flexibility index (Phi) is 7.42. The molecule has 0 bridgehead atoms. The number of carbonyl (C=O) groups is 2. The monoisotopic (exact) mass is 499 g/mol. The lowest BCUT2D eigenvalue weighted by Crippen LogP contribution is -2.65. The number of sulfonamides is 1. The highest BCUT2D eigenvalue weighted by Crippen LogP contribution is 2.42. The van der Waals surface area contributed by atoms with Gasteiger partial charge in [0.05, 0.1) is 11.4 Å². The van der Waals surface area contributed by atoms with Gasteiger partial charge in [0.15, 0.2) is 0 Å². The van der Waals surface area contributed by atoms with Crippen LogP contribution in [0.2, 0.25) is 0 Å². The molecule has 0 radical (unpaired) electrons. The summed E-state index contributed by atoms with van der Waals surface area (Å²) in [6.45, 7) is 11.0. The van der Waals surface area contributed by atoms with Crippen LogP contribution in [0.5, 0.6) is 0 Å². The Labute approximate surface area is 207 Å². The second kappa shape index (κ2) is 9.83. The molecule has 0 aromatic heterocycles. The van der Waals surface area contributed by atoms with Crippen LogP contribution in [0.1, 0.15) is 46.1 Å². The molecule has 1 fully saturated rings. The fourth-order valence-electron chi connectivity index (χ4n) is 5.21. The molecule has 0 spiro atoms. The van der Waals surface area contributed by atoms with Gasteiger partial charge in [-0.25, -0.2) is 13.2 Å². The average molecular weight is 500 g/mol. The number of piperidine rings is 1. The van der Waals surface area contributed by atoms with Crippen molar-refractivity contribution in [2.24, 2.45) is 0 Å². The number of carbonyl (C=O) groups excluding carboxylic acids is 1.